The lowest BCUT2D eigenvalue weighted by molar-refractivity contribution is 0.0938. The average molecular weight is 615 g/mol. The molecule has 12 nitrogen and oxygen atoms in total. The van der Waals surface area contributed by atoms with Crippen LogP contribution in [0.5, 0.6) is 5.75 Å². The molecule has 14 heteroatoms. The maximum absolute atomic E-state index is 13.4. The van der Waals surface area contributed by atoms with Gasteiger partial charge in [0.1, 0.15) is 12.4 Å². The largest absolute Gasteiger partial charge is 0.492 e. The van der Waals surface area contributed by atoms with E-state index in [9.17, 15) is 21.6 Å². The second-order valence-electron chi connectivity index (χ2n) is 10.4. The Morgan fingerprint density at radius 1 is 0.905 bits per heavy atom. The summed E-state index contributed by atoms with van der Waals surface area (Å²) in [4.78, 5) is 15.4. The molecule has 224 valence electrons. The van der Waals surface area contributed by atoms with Gasteiger partial charge in [0.15, 0.2) is 0 Å². The molecule has 1 amide bonds. The fourth-order valence-electron chi connectivity index (χ4n) is 4.14. The Bertz CT molecular complexity index is 1740. The molecule has 4 rings (SSSR count). The van der Waals surface area contributed by atoms with Gasteiger partial charge in [0.2, 0.25) is 0 Å². The zero-order valence-corrected chi connectivity index (χ0v) is 25.9. The maximum atomic E-state index is 13.4. The van der Waals surface area contributed by atoms with Gasteiger partial charge < -0.3 is 15.0 Å². The summed E-state index contributed by atoms with van der Waals surface area (Å²) in [5, 5.41) is 11.0. The normalized spacial score (nSPS) is 12.8. The average Bonchev–Trinajstić information content (AvgIpc) is 3.60. The molecule has 4 aromatic rings. The first-order valence-electron chi connectivity index (χ1n) is 13.0. The van der Waals surface area contributed by atoms with Gasteiger partial charge in [-0.05, 0) is 80.5 Å². The molecule has 0 saturated carbocycles. The van der Waals surface area contributed by atoms with Crippen LogP contribution in [0.1, 0.15) is 34.5 Å². The lowest BCUT2D eigenvalue weighted by Crippen LogP contribution is -2.27. The number of nitrogens with one attached hydrogen (secondary N) is 1. The zero-order valence-electron chi connectivity index (χ0n) is 24.3. The molecule has 0 radical (unpaired) electrons. The van der Waals surface area contributed by atoms with Gasteiger partial charge in [-0.15, -0.1) is 0 Å². The SMILES string of the molecule is Cc1ccc(OCCN(C)C)cc1C(=O)N[C@H](C)c1cc(-c2cnn(S(C)(=O)=O)c2)cc(-c2cnn(S(C)(=O)=O)c2)c1. The van der Waals surface area contributed by atoms with E-state index in [0.717, 1.165) is 32.8 Å². The molecule has 0 aliphatic carbocycles. The van der Waals surface area contributed by atoms with Crippen molar-refractivity contribution in [2.24, 2.45) is 0 Å². The predicted molar refractivity (Wildman–Crippen MR) is 160 cm³/mol. The number of amides is 1. The van der Waals surface area contributed by atoms with Crippen molar-refractivity contribution in [1.29, 1.82) is 0 Å². The van der Waals surface area contributed by atoms with Gasteiger partial charge in [-0.25, -0.2) is 16.8 Å². The van der Waals surface area contributed by atoms with Gasteiger partial charge >= 0.3 is 0 Å². The summed E-state index contributed by atoms with van der Waals surface area (Å²) >= 11 is 0. The molecule has 2 aromatic carbocycles. The van der Waals surface area contributed by atoms with Crippen molar-refractivity contribution in [3.63, 3.8) is 0 Å². The van der Waals surface area contributed by atoms with E-state index in [0.29, 0.717) is 45.7 Å². The summed E-state index contributed by atoms with van der Waals surface area (Å²) in [5.41, 5.74) is 4.26. The van der Waals surface area contributed by atoms with E-state index < -0.39 is 26.1 Å². The summed E-state index contributed by atoms with van der Waals surface area (Å²) in [7, 11) is -3.29. The van der Waals surface area contributed by atoms with E-state index in [1.54, 1.807) is 12.1 Å². The van der Waals surface area contributed by atoms with Crippen LogP contribution in [0, 0.1) is 6.92 Å². The summed E-state index contributed by atoms with van der Waals surface area (Å²) < 4.78 is 55.6. The van der Waals surface area contributed by atoms with Crippen LogP contribution in [0.15, 0.2) is 61.2 Å². The van der Waals surface area contributed by atoms with Crippen LogP contribution < -0.4 is 10.1 Å². The van der Waals surface area contributed by atoms with Gasteiger partial charge in [-0.3, -0.25) is 4.79 Å². The summed E-state index contributed by atoms with van der Waals surface area (Å²) in [6.07, 6.45) is 7.75. The van der Waals surface area contributed by atoms with E-state index in [2.05, 4.69) is 15.5 Å². The molecule has 2 heterocycles. The third kappa shape index (κ3) is 7.43. The first-order chi connectivity index (χ1) is 19.6. The fourth-order valence-corrected chi connectivity index (χ4v) is 5.19. The molecule has 42 heavy (non-hydrogen) atoms. The standard InChI is InChI=1S/C28H34N6O6S2/c1-19-7-8-26(40-10-9-32(3)4)14-27(19)28(35)31-20(2)21-11-22(24-15-29-33(17-24)41(5,36)37)13-23(12-21)25-16-30-34(18-25)42(6,38)39/h7-8,11-18,20H,9-10H2,1-6H3,(H,31,35)/t20-/m1/s1. The molecular formula is C28H34N6O6S2. The lowest BCUT2D eigenvalue weighted by Gasteiger charge is -2.18. The predicted octanol–water partition coefficient (Wildman–Crippen LogP) is 2.77. The van der Waals surface area contributed by atoms with Crippen molar-refractivity contribution < 1.29 is 26.4 Å². The van der Waals surface area contributed by atoms with Gasteiger partial charge in [-0.1, -0.05) is 6.07 Å². The second-order valence-corrected chi connectivity index (χ2v) is 14.1. The highest BCUT2D eigenvalue weighted by molar-refractivity contribution is 7.89. The lowest BCUT2D eigenvalue weighted by atomic mass is 9.96. The van der Waals surface area contributed by atoms with Crippen LogP contribution in [-0.2, 0) is 20.0 Å². The van der Waals surface area contributed by atoms with Gasteiger partial charge in [0, 0.05) is 23.2 Å². The van der Waals surface area contributed by atoms with Crippen molar-refractivity contribution in [2.75, 3.05) is 39.8 Å². The number of aromatic nitrogens is 4. The molecule has 0 spiro atoms. The Morgan fingerprint density at radius 3 is 1.93 bits per heavy atom. The number of nitrogens with zero attached hydrogens (tertiary/aromatic N) is 5. The maximum Gasteiger partial charge on any atom is 0.252 e. The molecule has 0 aliphatic rings. The minimum Gasteiger partial charge on any atom is -0.492 e. The molecule has 0 bridgehead atoms. The number of rotatable bonds is 11. The fraction of sp³-hybridized carbons (Fsp3) is 0.321. The molecule has 0 aliphatic heterocycles. The Kier molecular flexibility index (Phi) is 8.89. The van der Waals surface area contributed by atoms with Gasteiger partial charge in [0.25, 0.3) is 26.0 Å². The van der Waals surface area contributed by atoms with Crippen LogP contribution in [0.3, 0.4) is 0 Å². The van der Waals surface area contributed by atoms with Gasteiger partial charge in [-0.2, -0.15) is 18.4 Å². The van der Waals surface area contributed by atoms with E-state index >= 15 is 0 Å². The Labute approximate surface area is 246 Å². The van der Waals surface area contributed by atoms with E-state index in [1.807, 2.05) is 57.1 Å². The number of ether oxygens (including phenoxy) is 1. The highest BCUT2D eigenvalue weighted by atomic mass is 32.2. The molecule has 2 aromatic heterocycles. The van der Waals surface area contributed by atoms with E-state index in [4.69, 9.17) is 4.74 Å². The first kappa shape index (κ1) is 30.9. The third-order valence-electron chi connectivity index (χ3n) is 6.53. The number of benzene rings is 2. The first-order valence-corrected chi connectivity index (χ1v) is 16.7. The molecular weight excluding hydrogens is 580 g/mol. The Morgan fingerprint density at radius 2 is 1.45 bits per heavy atom. The number of hydrogen-bond acceptors (Lipinski definition) is 9. The van der Waals surface area contributed by atoms with Crippen LogP contribution in [0.2, 0.25) is 0 Å². The smallest absolute Gasteiger partial charge is 0.252 e. The van der Waals surface area contributed by atoms with Crippen LogP contribution in [-0.4, -0.2) is 85.8 Å². The molecule has 0 unspecified atom stereocenters. The van der Waals surface area contributed by atoms with Crippen LogP contribution in [0.4, 0.5) is 0 Å². The highest BCUT2D eigenvalue weighted by Gasteiger charge is 2.19. The Balaban J connectivity index is 1.68. The van der Waals surface area contributed by atoms with Crippen molar-refractivity contribution >= 4 is 26.0 Å². The van der Waals surface area contributed by atoms with Crippen molar-refractivity contribution in [3.8, 4) is 28.0 Å². The summed E-state index contributed by atoms with van der Waals surface area (Å²) in [5.74, 6) is 0.301. The highest BCUT2D eigenvalue weighted by Crippen LogP contribution is 2.31. The zero-order chi connectivity index (χ0) is 30.8. The van der Waals surface area contributed by atoms with Gasteiger partial charge in [0.05, 0.1) is 43.3 Å². The minimum atomic E-state index is -3.60. The number of likely N-dealkylation sites (N-methyl/N-ethyl adjacent to an activating group) is 1. The van der Waals surface area contributed by atoms with E-state index in [-0.39, 0.29) is 5.91 Å². The molecule has 1 atom stereocenters. The minimum absolute atomic E-state index is 0.292. The van der Waals surface area contributed by atoms with Crippen molar-refractivity contribution in [3.05, 3.63) is 77.9 Å². The quantitative estimate of drug-likeness (QED) is 0.270. The molecule has 0 fully saturated rings. The third-order valence-corrected chi connectivity index (χ3v) is 8.29. The monoisotopic (exact) mass is 614 g/mol. The molecule has 0 saturated heterocycles. The van der Waals surface area contributed by atoms with Crippen LogP contribution >= 0.6 is 0 Å². The summed E-state index contributed by atoms with van der Waals surface area (Å²) in [6.45, 7) is 4.89. The number of carbonyl (C=O) groups is 1. The van der Waals surface area contributed by atoms with Crippen molar-refractivity contribution in [2.45, 2.75) is 19.9 Å². The number of carbonyl (C=O) groups excluding carboxylic acids is 1. The second kappa shape index (κ2) is 12.1. The van der Waals surface area contributed by atoms with E-state index in [1.165, 1.54) is 24.8 Å². The number of aryl methyl sites for hydroxylation is 1. The van der Waals surface area contributed by atoms with Crippen LogP contribution in [0.25, 0.3) is 22.3 Å². The summed E-state index contributed by atoms with van der Waals surface area (Å²) in [6, 6.07) is 10.3. The molecule has 1 N–H and O–H groups in total. The number of hydrogen-bond donors (Lipinski definition) is 1. The Hall–Kier alpha value is -4.01. The topological polar surface area (TPSA) is 145 Å². The van der Waals surface area contributed by atoms with Crippen molar-refractivity contribution in [1.82, 2.24) is 28.6 Å².